The van der Waals surface area contributed by atoms with Gasteiger partial charge in [0.25, 0.3) is 0 Å². The van der Waals surface area contributed by atoms with Crippen LogP contribution in [0.15, 0.2) is 30.6 Å². The van der Waals surface area contributed by atoms with Crippen LogP contribution in [0.2, 0.25) is 0 Å². The standard InChI is InChI=1S/C14H20N4O/c1-14(2,3)19-9-8-18-10-16-13(17-18)11-4-6-12(15)7-5-11/h4-7,10H,8-9,15H2,1-3H3. The molecule has 2 aromatic rings. The van der Waals surface area contributed by atoms with E-state index in [0.717, 1.165) is 11.3 Å². The second-order valence-corrected chi connectivity index (χ2v) is 5.41. The molecule has 0 saturated carbocycles. The molecule has 0 unspecified atom stereocenters. The lowest BCUT2D eigenvalue weighted by Gasteiger charge is -2.19. The Morgan fingerprint density at radius 3 is 2.53 bits per heavy atom. The molecule has 2 rings (SSSR count). The monoisotopic (exact) mass is 260 g/mol. The van der Waals surface area contributed by atoms with Gasteiger partial charge in [0.05, 0.1) is 18.8 Å². The Morgan fingerprint density at radius 1 is 1.21 bits per heavy atom. The van der Waals surface area contributed by atoms with E-state index in [2.05, 4.69) is 10.1 Å². The molecule has 0 spiro atoms. The molecule has 2 N–H and O–H groups in total. The van der Waals surface area contributed by atoms with Crippen molar-refractivity contribution in [3.8, 4) is 11.4 Å². The third-order valence-corrected chi connectivity index (χ3v) is 2.56. The number of hydrogen-bond acceptors (Lipinski definition) is 4. The van der Waals surface area contributed by atoms with Crippen LogP contribution < -0.4 is 5.73 Å². The largest absolute Gasteiger partial charge is 0.399 e. The van der Waals surface area contributed by atoms with Gasteiger partial charge in [-0.3, -0.25) is 4.68 Å². The van der Waals surface area contributed by atoms with Crippen LogP contribution in [-0.4, -0.2) is 27.0 Å². The molecule has 0 amide bonds. The Morgan fingerprint density at radius 2 is 1.89 bits per heavy atom. The molecule has 0 aliphatic rings. The Balaban J connectivity index is 1.97. The maximum absolute atomic E-state index is 5.66. The summed E-state index contributed by atoms with van der Waals surface area (Å²) < 4.78 is 7.45. The van der Waals surface area contributed by atoms with Gasteiger partial charge in [-0.15, -0.1) is 0 Å². The van der Waals surface area contributed by atoms with Gasteiger partial charge in [-0.25, -0.2) is 4.98 Å². The van der Waals surface area contributed by atoms with Crippen LogP contribution >= 0.6 is 0 Å². The van der Waals surface area contributed by atoms with Crippen LogP contribution in [0.4, 0.5) is 5.69 Å². The predicted molar refractivity (Wildman–Crippen MR) is 75.6 cm³/mol. The molecule has 0 fully saturated rings. The highest BCUT2D eigenvalue weighted by molar-refractivity contribution is 5.57. The fourth-order valence-electron chi connectivity index (χ4n) is 1.61. The molecule has 0 aliphatic heterocycles. The van der Waals surface area contributed by atoms with E-state index in [9.17, 15) is 0 Å². The Kier molecular flexibility index (Phi) is 3.85. The Bertz CT molecular complexity index is 525. The first-order valence-corrected chi connectivity index (χ1v) is 6.33. The summed E-state index contributed by atoms with van der Waals surface area (Å²) in [6, 6.07) is 7.53. The smallest absolute Gasteiger partial charge is 0.181 e. The van der Waals surface area contributed by atoms with Gasteiger partial charge in [-0.2, -0.15) is 5.10 Å². The average molecular weight is 260 g/mol. The van der Waals surface area contributed by atoms with Crippen molar-refractivity contribution in [2.45, 2.75) is 32.9 Å². The van der Waals surface area contributed by atoms with Crippen molar-refractivity contribution in [3.63, 3.8) is 0 Å². The van der Waals surface area contributed by atoms with Crippen molar-refractivity contribution < 1.29 is 4.74 Å². The number of rotatable bonds is 4. The van der Waals surface area contributed by atoms with Crippen LogP contribution in [-0.2, 0) is 11.3 Å². The zero-order chi connectivity index (χ0) is 13.9. The number of hydrogen-bond donors (Lipinski definition) is 1. The normalized spacial score (nSPS) is 11.7. The van der Waals surface area contributed by atoms with E-state index in [1.807, 2.05) is 45.0 Å². The summed E-state index contributed by atoms with van der Waals surface area (Å²) in [6.07, 6.45) is 1.72. The molecule has 5 heteroatoms. The molecule has 19 heavy (non-hydrogen) atoms. The van der Waals surface area contributed by atoms with Gasteiger partial charge < -0.3 is 10.5 Å². The van der Waals surface area contributed by atoms with E-state index >= 15 is 0 Å². The van der Waals surface area contributed by atoms with Crippen LogP contribution in [0.1, 0.15) is 20.8 Å². The van der Waals surface area contributed by atoms with E-state index in [4.69, 9.17) is 10.5 Å². The summed E-state index contributed by atoms with van der Waals surface area (Å²) in [5.41, 5.74) is 7.23. The van der Waals surface area contributed by atoms with Gasteiger partial charge in [0, 0.05) is 11.3 Å². The fourth-order valence-corrected chi connectivity index (χ4v) is 1.61. The Labute approximate surface area is 113 Å². The first-order valence-electron chi connectivity index (χ1n) is 6.33. The molecule has 0 saturated heterocycles. The van der Waals surface area contributed by atoms with E-state index < -0.39 is 0 Å². The summed E-state index contributed by atoms with van der Waals surface area (Å²) in [4.78, 5) is 4.29. The van der Waals surface area contributed by atoms with Crippen molar-refractivity contribution in [1.29, 1.82) is 0 Å². The topological polar surface area (TPSA) is 66.0 Å². The SMILES string of the molecule is CC(C)(C)OCCn1cnc(-c2ccc(N)cc2)n1. The van der Waals surface area contributed by atoms with Gasteiger partial charge >= 0.3 is 0 Å². The first kappa shape index (κ1) is 13.5. The molecule has 0 bridgehead atoms. The van der Waals surface area contributed by atoms with E-state index in [0.29, 0.717) is 19.0 Å². The predicted octanol–water partition coefficient (Wildman–Crippen LogP) is 2.34. The van der Waals surface area contributed by atoms with Gasteiger partial charge in [-0.1, -0.05) is 0 Å². The highest BCUT2D eigenvalue weighted by Gasteiger charge is 2.10. The molecule has 1 aromatic carbocycles. The minimum absolute atomic E-state index is 0.125. The lowest BCUT2D eigenvalue weighted by Crippen LogP contribution is -2.22. The van der Waals surface area contributed by atoms with Crippen LogP contribution in [0.5, 0.6) is 0 Å². The third-order valence-electron chi connectivity index (χ3n) is 2.56. The van der Waals surface area contributed by atoms with E-state index in [1.165, 1.54) is 0 Å². The quantitative estimate of drug-likeness (QED) is 0.857. The molecule has 102 valence electrons. The van der Waals surface area contributed by atoms with Crippen molar-refractivity contribution >= 4 is 5.69 Å². The van der Waals surface area contributed by atoms with Gasteiger partial charge in [0.1, 0.15) is 6.33 Å². The summed E-state index contributed by atoms with van der Waals surface area (Å²) in [5.74, 6) is 0.704. The molecule has 0 radical (unpaired) electrons. The number of ether oxygens (including phenoxy) is 1. The van der Waals surface area contributed by atoms with Crippen molar-refractivity contribution in [1.82, 2.24) is 14.8 Å². The summed E-state index contributed by atoms with van der Waals surface area (Å²) in [5, 5.41) is 4.41. The lowest BCUT2D eigenvalue weighted by atomic mass is 10.2. The second-order valence-electron chi connectivity index (χ2n) is 5.41. The summed E-state index contributed by atoms with van der Waals surface area (Å²) in [7, 11) is 0. The summed E-state index contributed by atoms with van der Waals surface area (Å²) >= 11 is 0. The number of anilines is 1. The maximum Gasteiger partial charge on any atom is 0.181 e. The van der Waals surface area contributed by atoms with Gasteiger partial charge in [-0.05, 0) is 45.0 Å². The number of aromatic nitrogens is 3. The van der Waals surface area contributed by atoms with Crippen molar-refractivity contribution in [3.05, 3.63) is 30.6 Å². The molecule has 1 heterocycles. The third kappa shape index (κ3) is 4.06. The second kappa shape index (κ2) is 5.40. The number of nitrogens with zero attached hydrogens (tertiary/aromatic N) is 3. The molecular weight excluding hydrogens is 240 g/mol. The summed E-state index contributed by atoms with van der Waals surface area (Å²) in [6.45, 7) is 7.42. The van der Waals surface area contributed by atoms with Gasteiger partial charge in [0.15, 0.2) is 5.82 Å². The fraction of sp³-hybridized carbons (Fsp3) is 0.429. The number of nitrogen functional groups attached to an aromatic ring is 1. The Hall–Kier alpha value is -1.88. The van der Waals surface area contributed by atoms with Crippen molar-refractivity contribution in [2.75, 3.05) is 12.3 Å². The minimum Gasteiger partial charge on any atom is -0.399 e. The average Bonchev–Trinajstić information content (AvgIpc) is 2.77. The molecule has 0 aliphatic carbocycles. The first-order chi connectivity index (χ1) is 8.94. The van der Waals surface area contributed by atoms with E-state index in [1.54, 1.807) is 11.0 Å². The molecule has 1 aromatic heterocycles. The zero-order valence-corrected chi connectivity index (χ0v) is 11.6. The zero-order valence-electron chi connectivity index (χ0n) is 11.6. The molecule has 0 atom stereocenters. The maximum atomic E-state index is 5.66. The minimum atomic E-state index is -0.125. The lowest BCUT2D eigenvalue weighted by molar-refractivity contribution is -0.00790. The van der Waals surface area contributed by atoms with Crippen molar-refractivity contribution in [2.24, 2.45) is 0 Å². The van der Waals surface area contributed by atoms with Crippen LogP contribution in [0, 0.1) is 0 Å². The van der Waals surface area contributed by atoms with Gasteiger partial charge in [0.2, 0.25) is 0 Å². The number of nitrogens with two attached hydrogens (primary N) is 1. The van der Waals surface area contributed by atoms with Crippen LogP contribution in [0.3, 0.4) is 0 Å². The van der Waals surface area contributed by atoms with E-state index in [-0.39, 0.29) is 5.60 Å². The highest BCUT2D eigenvalue weighted by atomic mass is 16.5. The molecular formula is C14H20N4O. The molecule has 5 nitrogen and oxygen atoms in total. The van der Waals surface area contributed by atoms with Crippen LogP contribution in [0.25, 0.3) is 11.4 Å². The number of benzene rings is 1. The highest BCUT2D eigenvalue weighted by Crippen LogP contribution is 2.15.